The van der Waals surface area contributed by atoms with E-state index in [0.717, 1.165) is 11.6 Å². The molecular weight excluding hydrogens is 186 g/mol. The second-order valence-electron chi connectivity index (χ2n) is 4.43. The molecule has 0 saturated heterocycles. The van der Waals surface area contributed by atoms with Crippen molar-refractivity contribution >= 4 is 0 Å². The SMILES string of the molecule is C=C(NC(C)C)N(C)C(=C)N(C)C(C)C. The maximum absolute atomic E-state index is 4.06. The summed E-state index contributed by atoms with van der Waals surface area (Å²) in [6.07, 6.45) is 0. The molecule has 0 heterocycles. The van der Waals surface area contributed by atoms with Gasteiger partial charge < -0.3 is 15.1 Å². The second kappa shape index (κ2) is 5.69. The third kappa shape index (κ3) is 4.28. The van der Waals surface area contributed by atoms with Gasteiger partial charge in [-0.15, -0.1) is 0 Å². The summed E-state index contributed by atoms with van der Waals surface area (Å²) < 4.78 is 0. The van der Waals surface area contributed by atoms with Crippen LogP contribution in [-0.4, -0.2) is 36.0 Å². The van der Waals surface area contributed by atoms with Gasteiger partial charge in [-0.05, 0) is 27.7 Å². The van der Waals surface area contributed by atoms with Crippen LogP contribution in [-0.2, 0) is 0 Å². The molecule has 1 N–H and O–H groups in total. The maximum Gasteiger partial charge on any atom is 0.102 e. The fourth-order valence-electron chi connectivity index (χ4n) is 1.12. The molecule has 0 amide bonds. The lowest BCUT2D eigenvalue weighted by molar-refractivity contribution is 0.253. The predicted molar refractivity (Wildman–Crippen MR) is 67.2 cm³/mol. The monoisotopic (exact) mass is 211 g/mol. The van der Waals surface area contributed by atoms with Crippen LogP contribution in [0.2, 0.25) is 0 Å². The van der Waals surface area contributed by atoms with E-state index < -0.39 is 0 Å². The van der Waals surface area contributed by atoms with Crippen molar-refractivity contribution in [1.29, 1.82) is 0 Å². The van der Waals surface area contributed by atoms with Gasteiger partial charge in [-0.1, -0.05) is 13.2 Å². The molecule has 0 radical (unpaired) electrons. The highest BCUT2D eigenvalue weighted by molar-refractivity contribution is 5.04. The Morgan fingerprint density at radius 1 is 1.07 bits per heavy atom. The molecule has 0 aromatic rings. The molecule has 0 saturated carbocycles. The van der Waals surface area contributed by atoms with Crippen LogP contribution in [0.1, 0.15) is 27.7 Å². The van der Waals surface area contributed by atoms with Crippen molar-refractivity contribution in [3.63, 3.8) is 0 Å². The van der Waals surface area contributed by atoms with Crippen molar-refractivity contribution in [3.05, 3.63) is 24.8 Å². The van der Waals surface area contributed by atoms with Crippen molar-refractivity contribution < 1.29 is 0 Å². The quantitative estimate of drug-likeness (QED) is 0.726. The van der Waals surface area contributed by atoms with Crippen LogP contribution in [0, 0.1) is 0 Å². The van der Waals surface area contributed by atoms with Gasteiger partial charge >= 0.3 is 0 Å². The molecular formula is C12H25N3. The molecule has 0 bridgehead atoms. The molecule has 0 aliphatic rings. The van der Waals surface area contributed by atoms with Gasteiger partial charge in [-0.3, -0.25) is 0 Å². The van der Waals surface area contributed by atoms with E-state index in [-0.39, 0.29) is 0 Å². The zero-order chi connectivity index (χ0) is 12.2. The van der Waals surface area contributed by atoms with Gasteiger partial charge in [0, 0.05) is 26.2 Å². The number of hydrogen-bond donors (Lipinski definition) is 1. The molecule has 0 rings (SSSR count). The molecule has 0 spiro atoms. The van der Waals surface area contributed by atoms with E-state index in [2.05, 4.69) is 51.1 Å². The first-order chi connectivity index (χ1) is 6.77. The predicted octanol–water partition coefficient (Wildman–Crippen LogP) is 2.20. The average Bonchev–Trinajstić information content (AvgIpc) is 2.13. The van der Waals surface area contributed by atoms with Gasteiger partial charge in [0.2, 0.25) is 0 Å². The molecule has 0 aromatic heterocycles. The lowest BCUT2D eigenvalue weighted by atomic mass is 10.3. The van der Waals surface area contributed by atoms with E-state index in [1.807, 2.05) is 19.0 Å². The molecule has 15 heavy (non-hydrogen) atoms. The van der Waals surface area contributed by atoms with E-state index in [0.29, 0.717) is 12.1 Å². The molecule has 0 atom stereocenters. The third-order valence-corrected chi connectivity index (χ3v) is 2.43. The first-order valence-corrected chi connectivity index (χ1v) is 5.38. The minimum absolute atomic E-state index is 0.386. The van der Waals surface area contributed by atoms with Crippen molar-refractivity contribution in [2.75, 3.05) is 14.1 Å². The summed E-state index contributed by atoms with van der Waals surface area (Å²) in [6.45, 7) is 16.5. The Labute approximate surface area is 94.4 Å². The van der Waals surface area contributed by atoms with Crippen LogP contribution in [0.25, 0.3) is 0 Å². The van der Waals surface area contributed by atoms with Gasteiger partial charge in [0.1, 0.15) is 5.82 Å². The molecule has 0 unspecified atom stereocenters. The standard InChI is InChI=1S/C12H25N3/c1-9(2)13-11(5)15(8)12(6)14(7)10(3)4/h9-10,13H,5-6H2,1-4,7-8H3. The zero-order valence-electron chi connectivity index (χ0n) is 11.0. The van der Waals surface area contributed by atoms with Gasteiger partial charge in [-0.25, -0.2) is 0 Å². The topological polar surface area (TPSA) is 18.5 Å². The van der Waals surface area contributed by atoms with Crippen molar-refractivity contribution in [2.45, 2.75) is 39.8 Å². The summed E-state index contributed by atoms with van der Waals surface area (Å²) in [6, 6.07) is 0.823. The first kappa shape index (κ1) is 13.9. The number of nitrogens with zero attached hydrogens (tertiary/aromatic N) is 2. The summed E-state index contributed by atoms with van der Waals surface area (Å²) in [4.78, 5) is 4.09. The largest absolute Gasteiger partial charge is 0.370 e. The third-order valence-electron chi connectivity index (χ3n) is 2.43. The summed E-state index contributed by atoms with van der Waals surface area (Å²) in [5.41, 5.74) is 0. The summed E-state index contributed by atoms with van der Waals surface area (Å²) in [5, 5.41) is 3.26. The van der Waals surface area contributed by atoms with E-state index in [4.69, 9.17) is 0 Å². The van der Waals surface area contributed by atoms with E-state index >= 15 is 0 Å². The fraction of sp³-hybridized carbons (Fsp3) is 0.667. The highest BCUT2D eigenvalue weighted by Gasteiger charge is 2.12. The number of nitrogens with one attached hydrogen (secondary N) is 1. The minimum Gasteiger partial charge on any atom is -0.370 e. The van der Waals surface area contributed by atoms with E-state index in [1.165, 1.54) is 0 Å². The van der Waals surface area contributed by atoms with Crippen molar-refractivity contribution in [2.24, 2.45) is 0 Å². The summed E-state index contributed by atoms with van der Waals surface area (Å²) in [5.74, 6) is 1.82. The lowest BCUT2D eigenvalue weighted by Crippen LogP contribution is -2.38. The zero-order valence-corrected chi connectivity index (χ0v) is 11.0. The normalized spacial score (nSPS) is 10.4. The van der Waals surface area contributed by atoms with Crippen LogP contribution in [0.3, 0.4) is 0 Å². The molecule has 0 aliphatic carbocycles. The Bertz CT molecular complexity index is 231. The van der Waals surface area contributed by atoms with Crippen molar-refractivity contribution in [3.8, 4) is 0 Å². The van der Waals surface area contributed by atoms with Crippen LogP contribution in [0.15, 0.2) is 24.8 Å². The first-order valence-electron chi connectivity index (χ1n) is 5.38. The highest BCUT2D eigenvalue weighted by atomic mass is 15.4. The summed E-state index contributed by atoms with van der Waals surface area (Å²) >= 11 is 0. The van der Waals surface area contributed by atoms with Crippen molar-refractivity contribution in [1.82, 2.24) is 15.1 Å². The van der Waals surface area contributed by atoms with E-state index in [9.17, 15) is 0 Å². The Balaban J connectivity index is 4.38. The Kier molecular flexibility index (Phi) is 5.26. The molecule has 0 aromatic carbocycles. The minimum atomic E-state index is 0.386. The van der Waals surface area contributed by atoms with Crippen LogP contribution < -0.4 is 5.32 Å². The van der Waals surface area contributed by atoms with Gasteiger partial charge in [-0.2, -0.15) is 0 Å². The number of rotatable bonds is 6. The molecule has 0 aliphatic heterocycles. The summed E-state index contributed by atoms with van der Waals surface area (Å²) in [7, 11) is 4.01. The van der Waals surface area contributed by atoms with Gasteiger partial charge in [0.05, 0.1) is 5.82 Å². The molecule has 88 valence electrons. The molecule has 0 fully saturated rings. The number of hydrogen-bond acceptors (Lipinski definition) is 3. The Morgan fingerprint density at radius 2 is 1.53 bits per heavy atom. The van der Waals surface area contributed by atoms with Gasteiger partial charge in [0.15, 0.2) is 0 Å². The second-order valence-corrected chi connectivity index (χ2v) is 4.43. The van der Waals surface area contributed by atoms with Crippen LogP contribution in [0.4, 0.5) is 0 Å². The molecule has 3 heteroatoms. The van der Waals surface area contributed by atoms with Gasteiger partial charge in [0.25, 0.3) is 0 Å². The lowest BCUT2D eigenvalue weighted by Gasteiger charge is -2.34. The van der Waals surface area contributed by atoms with Crippen LogP contribution >= 0.6 is 0 Å². The van der Waals surface area contributed by atoms with E-state index in [1.54, 1.807) is 0 Å². The highest BCUT2D eigenvalue weighted by Crippen LogP contribution is 2.11. The van der Waals surface area contributed by atoms with Crippen LogP contribution in [0.5, 0.6) is 0 Å². The Hall–Kier alpha value is -1.12. The smallest absolute Gasteiger partial charge is 0.102 e. The average molecular weight is 211 g/mol. The maximum atomic E-state index is 4.06. The Morgan fingerprint density at radius 3 is 1.87 bits per heavy atom. The fourth-order valence-corrected chi connectivity index (χ4v) is 1.12. The molecule has 3 nitrogen and oxygen atoms in total.